The van der Waals surface area contributed by atoms with Crippen molar-refractivity contribution < 1.29 is 9.90 Å². The van der Waals surface area contributed by atoms with Crippen molar-refractivity contribution in [3.05, 3.63) is 57.3 Å². The van der Waals surface area contributed by atoms with Gasteiger partial charge in [0.25, 0.3) is 0 Å². The molecule has 0 radical (unpaired) electrons. The molecule has 0 amide bonds. The highest BCUT2D eigenvalue weighted by Crippen LogP contribution is 2.23. The number of nitrogens with one attached hydrogen (secondary N) is 1. The Morgan fingerprint density at radius 2 is 1.86 bits per heavy atom. The first-order valence-electron chi connectivity index (χ1n) is 7.08. The number of aryl methyl sites for hydroxylation is 1. The Balaban J connectivity index is 1.93. The number of rotatable bonds is 6. The van der Waals surface area contributed by atoms with Gasteiger partial charge in [-0.15, -0.1) is 11.3 Å². The van der Waals surface area contributed by atoms with E-state index >= 15 is 0 Å². The maximum absolute atomic E-state index is 10.9. The summed E-state index contributed by atoms with van der Waals surface area (Å²) in [5, 5.41) is 12.5. The standard InChI is InChI=1S/C17H21NO2S/c1-11-4-9-16(21-11)13(3)18-10-14-5-7-15(8-6-14)12(2)17(19)20/h4-9,12-13,18H,10H2,1-3H3,(H,19,20). The van der Waals surface area contributed by atoms with Crippen LogP contribution in [0, 0.1) is 6.92 Å². The fourth-order valence-corrected chi connectivity index (χ4v) is 3.03. The third kappa shape index (κ3) is 4.16. The van der Waals surface area contributed by atoms with Crippen molar-refractivity contribution in [3.63, 3.8) is 0 Å². The smallest absolute Gasteiger partial charge is 0.310 e. The van der Waals surface area contributed by atoms with Crippen LogP contribution < -0.4 is 5.32 Å². The summed E-state index contributed by atoms with van der Waals surface area (Å²) in [4.78, 5) is 13.6. The first kappa shape index (κ1) is 15.7. The van der Waals surface area contributed by atoms with E-state index in [1.807, 2.05) is 35.6 Å². The highest BCUT2D eigenvalue weighted by molar-refractivity contribution is 7.12. The molecule has 1 aromatic heterocycles. The predicted molar refractivity (Wildman–Crippen MR) is 86.8 cm³/mol. The lowest BCUT2D eigenvalue weighted by Gasteiger charge is -2.13. The van der Waals surface area contributed by atoms with Crippen molar-refractivity contribution >= 4 is 17.3 Å². The maximum atomic E-state index is 10.9. The van der Waals surface area contributed by atoms with Crippen LogP contribution in [-0.2, 0) is 11.3 Å². The van der Waals surface area contributed by atoms with E-state index < -0.39 is 11.9 Å². The molecule has 0 aliphatic carbocycles. The van der Waals surface area contributed by atoms with Gasteiger partial charge in [0.05, 0.1) is 5.92 Å². The second-order valence-electron chi connectivity index (χ2n) is 5.35. The minimum atomic E-state index is -0.789. The van der Waals surface area contributed by atoms with E-state index in [0.29, 0.717) is 6.04 Å². The average Bonchev–Trinajstić information content (AvgIpc) is 2.91. The molecular weight excluding hydrogens is 282 g/mol. The predicted octanol–water partition coefficient (Wildman–Crippen LogP) is 4.10. The number of thiophene rings is 1. The van der Waals surface area contributed by atoms with Crippen molar-refractivity contribution in [1.29, 1.82) is 0 Å². The lowest BCUT2D eigenvalue weighted by molar-refractivity contribution is -0.138. The van der Waals surface area contributed by atoms with Crippen molar-refractivity contribution in [2.45, 2.75) is 39.3 Å². The lowest BCUT2D eigenvalue weighted by atomic mass is 10.00. The van der Waals surface area contributed by atoms with E-state index in [1.54, 1.807) is 6.92 Å². The summed E-state index contributed by atoms with van der Waals surface area (Å²) >= 11 is 1.81. The summed E-state index contributed by atoms with van der Waals surface area (Å²) < 4.78 is 0. The van der Waals surface area contributed by atoms with Crippen molar-refractivity contribution in [2.24, 2.45) is 0 Å². The highest BCUT2D eigenvalue weighted by Gasteiger charge is 2.13. The Kier molecular flexibility index (Phi) is 5.15. The highest BCUT2D eigenvalue weighted by atomic mass is 32.1. The summed E-state index contributed by atoms with van der Waals surface area (Å²) in [5.41, 5.74) is 2.00. The minimum absolute atomic E-state index is 0.321. The number of carboxylic acids is 1. The molecule has 21 heavy (non-hydrogen) atoms. The molecule has 2 aromatic rings. The Hall–Kier alpha value is -1.65. The number of aliphatic carboxylic acids is 1. The number of carboxylic acid groups (broad SMARTS) is 1. The molecule has 0 aliphatic rings. The molecular formula is C17H21NO2S. The molecule has 0 bridgehead atoms. The maximum Gasteiger partial charge on any atom is 0.310 e. The summed E-state index contributed by atoms with van der Waals surface area (Å²) in [6, 6.07) is 12.4. The van der Waals surface area contributed by atoms with Gasteiger partial charge in [0.15, 0.2) is 0 Å². The molecule has 0 fully saturated rings. The molecule has 0 aliphatic heterocycles. The molecule has 2 rings (SSSR count). The number of hydrogen-bond acceptors (Lipinski definition) is 3. The molecule has 0 saturated carbocycles. The van der Waals surface area contributed by atoms with E-state index in [2.05, 4.69) is 31.3 Å². The van der Waals surface area contributed by atoms with Gasteiger partial charge in [0.2, 0.25) is 0 Å². The van der Waals surface area contributed by atoms with Crippen LogP contribution in [0.15, 0.2) is 36.4 Å². The quantitative estimate of drug-likeness (QED) is 0.845. The van der Waals surface area contributed by atoms with E-state index in [-0.39, 0.29) is 0 Å². The molecule has 1 heterocycles. The number of carbonyl (C=O) groups is 1. The fraction of sp³-hybridized carbons (Fsp3) is 0.353. The number of hydrogen-bond donors (Lipinski definition) is 2. The monoisotopic (exact) mass is 303 g/mol. The fourth-order valence-electron chi connectivity index (χ4n) is 2.12. The Morgan fingerprint density at radius 3 is 2.38 bits per heavy atom. The van der Waals surface area contributed by atoms with Crippen LogP contribution in [-0.4, -0.2) is 11.1 Å². The van der Waals surface area contributed by atoms with Gasteiger partial charge < -0.3 is 10.4 Å². The zero-order valence-corrected chi connectivity index (χ0v) is 13.4. The van der Waals surface area contributed by atoms with Crippen LogP contribution in [0.1, 0.15) is 46.7 Å². The molecule has 3 nitrogen and oxygen atoms in total. The summed E-state index contributed by atoms with van der Waals surface area (Å²) in [5.74, 6) is -1.25. The Morgan fingerprint density at radius 1 is 1.19 bits per heavy atom. The Labute approximate surface area is 129 Å². The summed E-state index contributed by atoms with van der Waals surface area (Å²) in [7, 11) is 0. The molecule has 0 saturated heterocycles. The summed E-state index contributed by atoms with van der Waals surface area (Å²) in [6.07, 6.45) is 0. The van der Waals surface area contributed by atoms with Gasteiger partial charge in [0.1, 0.15) is 0 Å². The van der Waals surface area contributed by atoms with E-state index in [9.17, 15) is 4.79 Å². The number of benzene rings is 1. The third-order valence-electron chi connectivity index (χ3n) is 3.65. The molecule has 4 heteroatoms. The molecule has 1 aromatic carbocycles. The van der Waals surface area contributed by atoms with Gasteiger partial charge in [-0.05, 0) is 44.0 Å². The second kappa shape index (κ2) is 6.87. The largest absolute Gasteiger partial charge is 0.481 e. The second-order valence-corrected chi connectivity index (χ2v) is 6.67. The topological polar surface area (TPSA) is 49.3 Å². The molecule has 112 valence electrons. The molecule has 2 atom stereocenters. The first-order chi connectivity index (χ1) is 9.97. The van der Waals surface area contributed by atoms with Crippen LogP contribution in [0.25, 0.3) is 0 Å². The normalized spacial score (nSPS) is 13.9. The van der Waals surface area contributed by atoms with Gasteiger partial charge in [0, 0.05) is 22.3 Å². The zero-order chi connectivity index (χ0) is 15.4. The molecule has 0 spiro atoms. The minimum Gasteiger partial charge on any atom is -0.481 e. The van der Waals surface area contributed by atoms with Crippen molar-refractivity contribution in [2.75, 3.05) is 0 Å². The van der Waals surface area contributed by atoms with E-state index in [1.165, 1.54) is 9.75 Å². The van der Waals surface area contributed by atoms with Crippen LogP contribution in [0.4, 0.5) is 0 Å². The van der Waals surface area contributed by atoms with Gasteiger partial charge in [-0.1, -0.05) is 24.3 Å². The summed E-state index contributed by atoms with van der Waals surface area (Å²) in [6.45, 7) is 6.76. The van der Waals surface area contributed by atoms with E-state index in [4.69, 9.17) is 5.11 Å². The van der Waals surface area contributed by atoms with Crippen molar-refractivity contribution in [1.82, 2.24) is 5.32 Å². The first-order valence-corrected chi connectivity index (χ1v) is 7.90. The zero-order valence-electron chi connectivity index (χ0n) is 12.6. The van der Waals surface area contributed by atoms with Gasteiger partial charge in [-0.3, -0.25) is 4.79 Å². The van der Waals surface area contributed by atoms with Crippen molar-refractivity contribution in [3.8, 4) is 0 Å². The van der Waals surface area contributed by atoms with Crippen LogP contribution in [0.2, 0.25) is 0 Å². The van der Waals surface area contributed by atoms with Crippen LogP contribution >= 0.6 is 11.3 Å². The third-order valence-corrected chi connectivity index (χ3v) is 4.83. The van der Waals surface area contributed by atoms with Gasteiger partial charge in [-0.25, -0.2) is 0 Å². The van der Waals surface area contributed by atoms with Crippen LogP contribution in [0.5, 0.6) is 0 Å². The SMILES string of the molecule is Cc1ccc(C(C)NCc2ccc(C(C)C(=O)O)cc2)s1. The molecule has 2 N–H and O–H groups in total. The Bertz CT molecular complexity index is 604. The van der Waals surface area contributed by atoms with E-state index in [0.717, 1.165) is 17.7 Å². The lowest BCUT2D eigenvalue weighted by Crippen LogP contribution is -2.17. The van der Waals surface area contributed by atoms with Gasteiger partial charge in [-0.2, -0.15) is 0 Å². The van der Waals surface area contributed by atoms with Gasteiger partial charge >= 0.3 is 5.97 Å². The average molecular weight is 303 g/mol. The molecule has 2 unspecified atom stereocenters. The van der Waals surface area contributed by atoms with Crippen LogP contribution in [0.3, 0.4) is 0 Å².